The Kier molecular flexibility index (Phi) is 5.38. The highest BCUT2D eigenvalue weighted by molar-refractivity contribution is 7.11. The van der Waals surface area contributed by atoms with Crippen LogP contribution in [-0.4, -0.2) is 40.1 Å². The molecule has 1 fully saturated rings. The standard InChI is InChI=1S/C13H19F3N4OS/c1-8(2)6-9-11(21)17-4-3-5-20(9)7-10-18-19-12(22-10)13(14,15)16/h8-9H,3-7H2,1-2H3,(H,17,21). The third-order valence-electron chi connectivity index (χ3n) is 3.41. The molecule has 9 heteroatoms. The number of rotatable bonds is 4. The highest BCUT2D eigenvalue weighted by Crippen LogP contribution is 2.32. The minimum Gasteiger partial charge on any atom is -0.355 e. The zero-order valence-electron chi connectivity index (χ0n) is 12.5. The van der Waals surface area contributed by atoms with Gasteiger partial charge in [-0.1, -0.05) is 25.2 Å². The highest BCUT2D eigenvalue weighted by atomic mass is 32.1. The maximum absolute atomic E-state index is 12.6. The summed E-state index contributed by atoms with van der Waals surface area (Å²) in [6.07, 6.45) is -3.04. The summed E-state index contributed by atoms with van der Waals surface area (Å²) in [6.45, 7) is 5.50. The van der Waals surface area contributed by atoms with Gasteiger partial charge in [0.15, 0.2) is 0 Å². The van der Waals surface area contributed by atoms with Crippen LogP contribution in [0.3, 0.4) is 0 Å². The fourth-order valence-electron chi connectivity index (χ4n) is 2.43. The molecule has 1 aliphatic heterocycles. The summed E-state index contributed by atoms with van der Waals surface area (Å²) in [5.41, 5.74) is 0. The van der Waals surface area contributed by atoms with Crippen LogP contribution in [-0.2, 0) is 17.5 Å². The first-order chi connectivity index (χ1) is 10.3. The molecule has 1 aliphatic rings. The number of nitrogens with zero attached hydrogens (tertiary/aromatic N) is 3. The Hall–Kier alpha value is -1.22. The molecule has 0 aromatic carbocycles. The van der Waals surface area contributed by atoms with E-state index in [0.29, 0.717) is 36.8 Å². The molecule has 1 aromatic rings. The Bertz CT molecular complexity index is 518. The molecule has 124 valence electrons. The second-order valence-electron chi connectivity index (χ2n) is 5.76. The zero-order valence-corrected chi connectivity index (χ0v) is 13.3. The first-order valence-corrected chi connectivity index (χ1v) is 8.00. The molecule has 1 N–H and O–H groups in total. The van der Waals surface area contributed by atoms with Crippen LogP contribution in [0.2, 0.25) is 0 Å². The fourth-order valence-corrected chi connectivity index (χ4v) is 3.16. The van der Waals surface area contributed by atoms with Gasteiger partial charge in [-0.05, 0) is 18.8 Å². The molecule has 1 amide bonds. The number of halogens is 3. The maximum Gasteiger partial charge on any atom is 0.445 e. The molecular formula is C13H19F3N4OS. The smallest absolute Gasteiger partial charge is 0.355 e. The lowest BCUT2D eigenvalue weighted by Gasteiger charge is -2.28. The van der Waals surface area contributed by atoms with Gasteiger partial charge >= 0.3 is 6.18 Å². The van der Waals surface area contributed by atoms with Crippen LogP contribution in [0.1, 0.15) is 36.7 Å². The molecule has 2 rings (SSSR count). The number of amides is 1. The van der Waals surface area contributed by atoms with Crippen LogP contribution in [0.25, 0.3) is 0 Å². The van der Waals surface area contributed by atoms with E-state index < -0.39 is 11.2 Å². The lowest BCUT2D eigenvalue weighted by molar-refractivity contribution is -0.138. The Balaban J connectivity index is 2.13. The number of alkyl halides is 3. The number of carbonyl (C=O) groups excluding carboxylic acids is 1. The summed E-state index contributed by atoms with van der Waals surface area (Å²) in [6, 6.07) is -0.333. The van der Waals surface area contributed by atoms with Crippen molar-refractivity contribution in [3.63, 3.8) is 0 Å². The summed E-state index contributed by atoms with van der Waals surface area (Å²) in [4.78, 5) is 14.1. The minimum atomic E-state index is -4.47. The van der Waals surface area contributed by atoms with Gasteiger partial charge in [-0.2, -0.15) is 13.2 Å². The molecule has 5 nitrogen and oxygen atoms in total. The molecule has 0 saturated carbocycles. The number of nitrogens with one attached hydrogen (secondary N) is 1. The van der Waals surface area contributed by atoms with Crippen LogP contribution < -0.4 is 5.32 Å². The minimum absolute atomic E-state index is 0.0632. The van der Waals surface area contributed by atoms with Gasteiger partial charge in [-0.3, -0.25) is 9.69 Å². The van der Waals surface area contributed by atoms with Gasteiger partial charge < -0.3 is 5.32 Å². The monoisotopic (exact) mass is 336 g/mol. The van der Waals surface area contributed by atoms with Crippen molar-refractivity contribution in [1.29, 1.82) is 0 Å². The average Bonchev–Trinajstić information content (AvgIpc) is 2.81. The second kappa shape index (κ2) is 6.91. The highest BCUT2D eigenvalue weighted by Gasteiger charge is 2.36. The van der Waals surface area contributed by atoms with E-state index in [9.17, 15) is 18.0 Å². The van der Waals surface area contributed by atoms with Crippen LogP contribution in [0.15, 0.2) is 0 Å². The van der Waals surface area contributed by atoms with Crippen LogP contribution >= 0.6 is 11.3 Å². The van der Waals surface area contributed by atoms with E-state index in [1.165, 1.54) is 0 Å². The lowest BCUT2D eigenvalue weighted by Crippen LogP contribution is -2.44. The van der Waals surface area contributed by atoms with Crippen molar-refractivity contribution >= 4 is 17.2 Å². The van der Waals surface area contributed by atoms with Gasteiger partial charge in [-0.15, -0.1) is 10.2 Å². The van der Waals surface area contributed by atoms with E-state index in [-0.39, 0.29) is 23.5 Å². The van der Waals surface area contributed by atoms with E-state index >= 15 is 0 Å². The zero-order chi connectivity index (χ0) is 16.3. The molecule has 1 atom stereocenters. The first kappa shape index (κ1) is 17.1. The predicted molar refractivity (Wildman–Crippen MR) is 76.2 cm³/mol. The summed E-state index contributed by atoms with van der Waals surface area (Å²) in [5, 5.41) is 9.02. The maximum atomic E-state index is 12.6. The Morgan fingerprint density at radius 1 is 1.41 bits per heavy atom. The number of hydrogen-bond donors (Lipinski definition) is 1. The van der Waals surface area contributed by atoms with Gasteiger partial charge in [0, 0.05) is 13.1 Å². The molecule has 22 heavy (non-hydrogen) atoms. The summed E-state index contributed by atoms with van der Waals surface area (Å²) in [5.74, 6) is 0.253. The topological polar surface area (TPSA) is 58.1 Å². The van der Waals surface area contributed by atoms with E-state index in [0.717, 1.165) is 6.42 Å². The molecular weight excluding hydrogens is 317 g/mol. The predicted octanol–water partition coefficient (Wildman–Crippen LogP) is 2.29. The fraction of sp³-hybridized carbons (Fsp3) is 0.769. The number of carbonyl (C=O) groups is 1. The summed E-state index contributed by atoms with van der Waals surface area (Å²) < 4.78 is 37.8. The van der Waals surface area contributed by atoms with Gasteiger partial charge in [0.1, 0.15) is 5.01 Å². The number of aromatic nitrogens is 2. The van der Waals surface area contributed by atoms with Crippen LogP contribution in [0.4, 0.5) is 13.2 Å². The van der Waals surface area contributed by atoms with Crippen molar-refractivity contribution in [3.05, 3.63) is 10.0 Å². The SMILES string of the molecule is CC(C)CC1C(=O)NCCCN1Cc1nnc(C(F)(F)F)s1. The van der Waals surface area contributed by atoms with E-state index in [2.05, 4.69) is 15.5 Å². The second-order valence-corrected chi connectivity index (χ2v) is 6.82. The molecule has 0 spiro atoms. The number of hydrogen-bond acceptors (Lipinski definition) is 5. The van der Waals surface area contributed by atoms with E-state index in [4.69, 9.17) is 0 Å². The lowest BCUT2D eigenvalue weighted by atomic mass is 10.0. The Morgan fingerprint density at radius 2 is 2.14 bits per heavy atom. The summed E-state index contributed by atoms with van der Waals surface area (Å²) in [7, 11) is 0. The van der Waals surface area contributed by atoms with E-state index in [1.807, 2.05) is 18.7 Å². The normalized spacial score (nSPS) is 21.0. The van der Waals surface area contributed by atoms with Gasteiger partial charge in [0.2, 0.25) is 10.9 Å². The molecule has 1 unspecified atom stereocenters. The van der Waals surface area contributed by atoms with Crippen molar-refractivity contribution < 1.29 is 18.0 Å². The van der Waals surface area contributed by atoms with Gasteiger partial charge in [0.25, 0.3) is 0 Å². The van der Waals surface area contributed by atoms with Crippen molar-refractivity contribution in [2.24, 2.45) is 5.92 Å². The first-order valence-electron chi connectivity index (χ1n) is 7.18. The Morgan fingerprint density at radius 3 is 2.73 bits per heavy atom. The molecule has 0 aliphatic carbocycles. The molecule has 2 heterocycles. The average molecular weight is 336 g/mol. The van der Waals surface area contributed by atoms with Crippen molar-refractivity contribution in [2.45, 2.75) is 45.5 Å². The van der Waals surface area contributed by atoms with Crippen molar-refractivity contribution in [2.75, 3.05) is 13.1 Å². The Labute approximate surface area is 130 Å². The molecule has 1 aromatic heterocycles. The molecule has 1 saturated heterocycles. The van der Waals surface area contributed by atoms with Crippen molar-refractivity contribution in [3.8, 4) is 0 Å². The van der Waals surface area contributed by atoms with Crippen LogP contribution in [0.5, 0.6) is 0 Å². The quantitative estimate of drug-likeness (QED) is 0.917. The summed E-state index contributed by atoms with van der Waals surface area (Å²) >= 11 is 0.542. The van der Waals surface area contributed by atoms with Crippen molar-refractivity contribution in [1.82, 2.24) is 20.4 Å². The molecule has 0 radical (unpaired) electrons. The third-order valence-corrected chi connectivity index (χ3v) is 4.36. The van der Waals surface area contributed by atoms with Crippen LogP contribution in [0, 0.1) is 5.92 Å². The van der Waals surface area contributed by atoms with Gasteiger partial charge in [-0.25, -0.2) is 0 Å². The third kappa shape index (κ3) is 4.39. The van der Waals surface area contributed by atoms with Gasteiger partial charge in [0.05, 0.1) is 12.6 Å². The molecule has 0 bridgehead atoms. The van der Waals surface area contributed by atoms with E-state index in [1.54, 1.807) is 0 Å². The largest absolute Gasteiger partial charge is 0.445 e.